The van der Waals surface area contributed by atoms with E-state index in [0.717, 1.165) is 28.5 Å². The van der Waals surface area contributed by atoms with E-state index < -0.39 is 10.0 Å². The molecule has 0 saturated carbocycles. The van der Waals surface area contributed by atoms with Crippen molar-refractivity contribution < 1.29 is 18.0 Å². The summed E-state index contributed by atoms with van der Waals surface area (Å²) in [5, 5.41) is 12.0. The summed E-state index contributed by atoms with van der Waals surface area (Å²) in [6.07, 6.45) is 1.88. The number of fused-ring (bicyclic) bond motifs is 1. The van der Waals surface area contributed by atoms with Gasteiger partial charge in [0.25, 0.3) is 5.91 Å². The molecular formula is C29H30N6O4S2. The molecule has 0 fully saturated rings. The number of aryl methyl sites for hydroxylation is 1. The second-order valence-corrected chi connectivity index (χ2v) is 12.7. The molecule has 0 unspecified atom stereocenters. The Hall–Kier alpha value is -4.00. The molecule has 1 N–H and O–H groups in total. The van der Waals surface area contributed by atoms with Crippen molar-refractivity contribution in [3.63, 3.8) is 0 Å². The highest BCUT2D eigenvalue weighted by Crippen LogP contribution is 2.29. The van der Waals surface area contributed by atoms with E-state index in [2.05, 4.69) is 21.6 Å². The van der Waals surface area contributed by atoms with Crippen LogP contribution in [0, 0.1) is 0 Å². The molecule has 3 aromatic carbocycles. The van der Waals surface area contributed by atoms with Crippen LogP contribution in [0.5, 0.6) is 0 Å². The molecule has 2 heterocycles. The Morgan fingerprint density at radius 2 is 1.66 bits per heavy atom. The van der Waals surface area contributed by atoms with Gasteiger partial charge < -0.3 is 10.2 Å². The second-order valence-electron chi connectivity index (χ2n) is 9.63. The van der Waals surface area contributed by atoms with Crippen LogP contribution in [-0.2, 0) is 27.8 Å². The number of anilines is 1. The van der Waals surface area contributed by atoms with Crippen LogP contribution in [-0.4, -0.2) is 65.7 Å². The molecule has 1 aromatic heterocycles. The second kappa shape index (κ2) is 12.2. The van der Waals surface area contributed by atoms with Gasteiger partial charge in [0.1, 0.15) is 0 Å². The van der Waals surface area contributed by atoms with Crippen LogP contribution in [0.1, 0.15) is 28.2 Å². The third-order valence-electron chi connectivity index (χ3n) is 6.75. The molecule has 0 aliphatic carbocycles. The topological polar surface area (TPSA) is 118 Å². The van der Waals surface area contributed by atoms with Crippen LogP contribution in [0.4, 0.5) is 5.69 Å². The molecular weight excluding hydrogens is 560 g/mol. The zero-order chi connectivity index (χ0) is 29.0. The van der Waals surface area contributed by atoms with Gasteiger partial charge in [-0.15, -0.1) is 10.2 Å². The Morgan fingerprint density at radius 1 is 0.951 bits per heavy atom. The van der Waals surface area contributed by atoms with E-state index in [4.69, 9.17) is 0 Å². The summed E-state index contributed by atoms with van der Waals surface area (Å²) in [7, 11) is -0.686. The van der Waals surface area contributed by atoms with Gasteiger partial charge >= 0.3 is 0 Å². The maximum absolute atomic E-state index is 13.2. The van der Waals surface area contributed by atoms with Crippen molar-refractivity contribution in [2.24, 2.45) is 0 Å². The Kier molecular flexibility index (Phi) is 8.52. The normalized spacial score (nSPS) is 13.2. The fraction of sp³-hybridized carbons (Fsp3) is 0.241. The van der Waals surface area contributed by atoms with E-state index in [-0.39, 0.29) is 29.0 Å². The fourth-order valence-electron chi connectivity index (χ4n) is 4.59. The average molecular weight is 591 g/mol. The predicted octanol–water partition coefficient (Wildman–Crippen LogP) is 3.52. The molecule has 10 nitrogen and oxygen atoms in total. The zero-order valence-corrected chi connectivity index (χ0v) is 24.4. The smallest absolute Gasteiger partial charge is 0.251 e. The molecule has 0 spiro atoms. The molecule has 41 heavy (non-hydrogen) atoms. The highest BCUT2D eigenvalue weighted by molar-refractivity contribution is 7.99. The fourth-order valence-corrected chi connectivity index (χ4v) is 6.34. The molecule has 0 radical (unpaired) electrons. The summed E-state index contributed by atoms with van der Waals surface area (Å²) in [5.41, 5.74) is 3.26. The van der Waals surface area contributed by atoms with Crippen LogP contribution in [0.25, 0.3) is 5.69 Å². The third-order valence-corrected chi connectivity index (χ3v) is 9.50. The van der Waals surface area contributed by atoms with Crippen LogP contribution in [0.15, 0.2) is 88.9 Å². The zero-order valence-electron chi connectivity index (χ0n) is 22.7. The first-order valence-electron chi connectivity index (χ1n) is 13.1. The maximum atomic E-state index is 13.2. The van der Waals surface area contributed by atoms with Crippen molar-refractivity contribution in [1.82, 2.24) is 24.4 Å². The lowest BCUT2D eigenvalue weighted by Crippen LogP contribution is -2.36. The van der Waals surface area contributed by atoms with Crippen LogP contribution in [0.3, 0.4) is 0 Å². The summed E-state index contributed by atoms with van der Waals surface area (Å²) in [6, 6.07) is 23.3. The molecule has 5 rings (SSSR count). The number of hydrogen-bond acceptors (Lipinski definition) is 7. The van der Waals surface area contributed by atoms with E-state index in [1.54, 1.807) is 0 Å². The number of nitrogens with one attached hydrogen (secondary N) is 1. The van der Waals surface area contributed by atoms with Crippen LogP contribution < -0.4 is 10.2 Å². The molecule has 1 aliphatic rings. The monoisotopic (exact) mass is 590 g/mol. The Morgan fingerprint density at radius 3 is 2.39 bits per heavy atom. The van der Waals surface area contributed by atoms with Crippen LogP contribution in [0.2, 0.25) is 0 Å². The van der Waals surface area contributed by atoms with Crippen molar-refractivity contribution in [3.8, 4) is 5.69 Å². The number of hydrogen-bond donors (Lipinski definition) is 1. The molecule has 0 atom stereocenters. The van der Waals surface area contributed by atoms with Gasteiger partial charge in [-0.1, -0.05) is 48.2 Å². The van der Waals surface area contributed by atoms with Crippen molar-refractivity contribution in [3.05, 3.63) is 95.8 Å². The highest BCUT2D eigenvalue weighted by Gasteiger charge is 2.24. The van der Waals surface area contributed by atoms with Crippen molar-refractivity contribution in [2.75, 3.05) is 31.3 Å². The van der Waals surface area contributed by atoms with E-state index >= 15 is 0 Å². The third kappa shape index (κ3) is 6.19. The van der Waals surface area contributed by atoms with Gasteiger partial charge in [0.15, 0.2) is 11.0 Å². The molecule has 0 saturated heterocycles. The van der Waals surface area contributed by atoms with Gasteiger partial charge in [-0.25, -0.2) is 12.7 Å². The number of amides is 2. The lowest BCUT2D eigenvalue weighted by atomic mass is 10.0. The Bertz CT molecular complexity index is 1650. The number of para-hydroxylation sites is 2. The van der Waals surface area contributed by atoms with E-state index in [1.807, 2.05) is 58.0 Å². The lowest BCUT2D eigenvalue weighted by Gasteiger charge is -2.29. The van der Waals surface area contributed by atoms with Crippen molar-refractivity contribution in [1.29, 1.82) is 0 Å². The first-order chi connectivity index (χ1) is 19.8. The highest BCUT2D eigenvalue weighted by atomic mass is 32.2. The number of sulfonamides is 1. The van der Waals surface area contributed by atoms with Gasteiger partial charge in [0, 0.05) is 37.6 Å². The van der Waals surface area contributed by atoms with E-state index in [9.17, 15) is 18.0 Å². The molecule has 212 valence electrons. The molecule has 0 bridgehead atoms. The molecule has 4 aromatic rings. The van der Waals surface area contributed by atoms with Crippen molar-refractivity contribution in [2.45, 2.75) is 29.4 Å². The molecule has 2 amide bonds. The summed E-state index contributed by atoms with van der Waals surface area (Å²) in [6.45, 7) is 0.758. The summed E-state index contributed by atoms with van der Waals surface area (Å²) in [5.74, 6) is 0.303. The molecule has 12 heteroatoms. The van der Waals surface area contributed by atoms with Gasteiger partial charge in [0.05, 0.1) is 17.2 Å². The average Bonchev–Trinajstić information content (AvgIpc) is 3.41. The Balaban J connectivity index is 1.30. The quantitative estimate of drug-likeness (QED) is 0.297. The predicted molar refractivity (Wildman–Crippen MR) is 158 cm³/mol. The summed E-state index contributed by atoms with van der Waals surface area (Å²) in [4.78, 5) is 28.1. The number of carbonyl (C=O) groups is 2. The van der Waals surface area contributed by atoms with Gasteiger partial charge in [-0.3, -0.25) is 14.2 Å². The van der Waals surface area contributed by atoms with Crippen molar-refractivity contribution >= 4 is 39.3 Å². The first-order valence-corrected chi connectivity index (χ1v) is 15.5. The minimum absolute atomic E-state index is 0.000609. The first kappa shape index (κ1) is 28.5. The number of nitrogens with zero attached hydrogens (tertiary/aromatic N) is 5. The maximum Gasteiger partial charge on any atom is 0.251 e. The van der Waals surface area contributed by atoms with E-state index in [0.29, 0.717) is 23.1 Å². The lowest BCUT2D eigenvalue weighted by molar-refractivity contribution is -0.116. The van der Waals surface area contributed by atoms with Gasteiger partial charge in [0.2, 0.25) is 15.9 Å². The van der Waals surface area contributed by atoms with E-state index in [1.165, 1.54) is 55.7 Å². The summed E-state index contributed by atoms with van der Waals surface area (Å²) >= 11 is 1.30. The summed E-state index contributed by atoms with van der Waals surface area (Å²) < 4.78 is 27.6. The Labute approximate surface area is 243 Å². The van der Waals surface area contributed by atoms with Crippen LogP contribution >= 0.6 is 11.8 Å². The van der Waals surface area contributed by atoms with Gasteiger partial charge in [-0.05, 0) is 60.9 Å². The minimum Gasteiger partial charge on any atom is -0.345 e. The minimum atomic E-state index is -3.59. The number of rotatable bonds is 9. The number of benzene rings is 3. The largest absolute Gasteiger partial charge is 0.345 e. The standard InChI is InChI=1S/C29H30N6O4S2/c1-33(2)41(38,39)24-16-14-22(15-17-24)28(37)30-19-26-31-32-29(35(26)23-11-4-3-5-12-23)40-20-27(36)34-18-8-10-21-9-6-7-13-25(21)34/h3-7,9,11-17H,8,10,18-20H2,1-2H3,(H,30,37). The molecule has 1 aliphatic heterocycles. The SMILES string of the molecule is CN(C)S(=O)(=O)c1ccc(C(=O)NCc2nnc(SCC(=O)N3CCCc4ccccc43)n2-c2ccccc2)cc1. The number of aromatic nitrogens is 3. The number of carbonyl (C=O) groups excluding carboxylic acids is 2. The number of thioether (sulfide) groups is 1. The van der Waals surface area contributed by atoms with Gasteiger partial charge in [-0.2, -0.15) is 0 Å².